The van der Waals surface area contributed by atoms with Crippen molar-refractivity contribution in [3.63, 3.8) is 0 Å². The zero-order chi connectivity index (χ0) is 18.7. The van der Waals surface area contributed by atoms with Crippen LogP contribution in [-0.2, 0) is 9.59 Å². The number of carbonyl (C=O) groups excluding carboxylic acids is 1. The van der Waals surface area contributed by atoms with Crippen LogP contribution in [0.2, 0.25) is 5.02 Å². The Kier molecular flexibility index (Phi) is 5.76. The van der Waals surface area contributed by atoms with Crippen molar-refractivity contribution >= 4 is 57.9 Å². The highest BCUT2D eigenvalue weighted by molar-refractivity contribution is 8.26. The molecule has 0 aromatic heterocycles. The van der Waals surface area contributed by atoms with Gasteiger partial charge >= 0.3 is 5.97 Å². The van der Waals surface area contributed by atoms with Crippen molar-refractivity contribution in [3.05, 3.63) is 75.7 Å². The van der Waals surface area contributed by atoms with E-state index in [0.29, 0.717) is 19.8 Å². The highest BCUT2D eigenvalue weighted by Gasteiger charge is 2.38. The second-order valence-corrected chi connectivity index (χ2v) is 7.68. The van der Waals surface area contributed by atoms with Gasteiger partial charge in [0, 0.05) is 5.02 Å². The number of thiocarbonyl (C=S) groups is 1. The van der Waals surface area contributed by atoms with Gasteiger partial charge in [0.15, 0.2) is 0 Å². The summed E-state index contributed by atoms with van der Waals surface area (Å²) in [4.78, 5) is 26.1. The van der Waals surface area contributed by atoms with Crippen molar-refractivity contribution in [2.24, 2.45) is 0 Å². The highest BCUT2D eigenvalue weighted by atomic mass is 35.5. The van der Waals surface area contributed by atoms with E-state index in [1.165, 1.54) is 4.90 Å². The largest absolute Gasteiger partial charge is 0.481 e. The molecule has 2 aromatic carbocycles. The second kappa shape index (κ2) is 8.03. The molecule has 1 unspecified atom stereocenters. The number of carbonyl (C=O) groups is 2. The van der Waals surface area contributed by atoms with E-state index in [1.807, 2.05) is 18.2 Å². The Morgan fingerprint density at radius 1 is 1.19 bits per heavy atom. The summed E-state index contributed by atoms with van der Waals surface area (Å²) < 4.78 is 0.336. The molecule has 1 fully saturated rings. The van der Waals surface area contributed by atoms with E-state index in [1.54, 1.807) is 42.5 Å². The Bertz CT molecular complexity index is 899. The number of amides is 1. The predicted molar refractivity (Wildman–Crippen MR) is 108 cm³/mol. The van der Waals surface area contributed by atoms with Gasteiger partial charge in [-0.1, -0.05) is 84.1 Å². The molecule has 0 spiro atoms. The van der Waals surface area contributed by atoms with Crippen LogP contribution in [0.25, 0.3) is 6.08 Å². The second-order valence-electron chi connectivity index (χ2n) is 5.60. The third-order valence-corrected chi connectivity index (χ3v) is 5.55. The van der Waals surface area contributed by atoms with Crippen molar-refractivity contribution in [1.29, 1.82) is 0 Å². The van der Waals surface area contributed by atoms with E-state index < -0.39 is 12.0 Å². The molecular formula is C19H14ClNO3S2. The van der Waals surface area contributed by atoms with Gasteiger partial charge in [-0.2, -0.15) is 0 Å². The first kappa shape index (κ1) is 18.6. The molecule has 1 amide bonds. The van der Waals surface area contributed by atoms with Gasteiger partial charge in [-0.05, 0) is 23.3 Å². The zero-order valence-electron chi connectivity index (χ0n) is 13.5. The Labute approximate surface area is 165 Å². The van der Waals surface area contributed by atoms with Crippen molar-refractivity contribution in [3.8, 4) is 0 Å². The molecule has 1 N–H and O–H groups in total. The fourth-order valence-corrected chi connectivity index (χ4v) is 4.22. The highest BCUT2D eigenvalue weighted by Crippen LogP contribution is 2.39. The Morgan fingerprint density at radius 2 is 1.85 bits per heavy atom. The summed E-state index contributed by atoms with van der Waals surface area (Å²) in [7, 11) is 0. The molecule has 1 aliphatic heterocycles. The standard InChI is InChI=1S/C19H14ClNO3S2/c20-14-9-5-4-8-13(14)10-16-18(24)21(19(25)26-16)15(11-17(22)23)12-6-2-1-3-7-12/h1-10,15H,11H2,(H,22,23). The van der Waals surface area contributed by atoms with Crippen LogP contribution in [0.15, 0.2) is 59.5 Å². The lowest BCUT2D eigenvalue weighted by molar-refractivity contribution is -0.138. The Morgan fingerprint density at radius 3 is 2.50 bits per heavy atom. The van der Waals surface area contributed by atoms with Crippen LogP contribution in [0.3, 0.4) is 0 Å². The zero-order valence-corrected chi connectivity index (χ0v) is 15.9. The summed E-state index contributed by atoms with van der Waals surface area (Å²) in [6.07, 6.45) is 1.46. The molecule has 26 heavy (non-hydrogen) atoms. The molecule has 0 saturated carbocycles. The number of hydrogen-bond donors (Lipinski definition) is 1. The van der Waals surface area contributed by atoms with Crippen molar-refractivity contribution < 1.29 is 14.7 Å². The molecule has 1 atom stereocenters. The number of thioether (sulfide) groups is 1. The molecule has 1 saturated heterocycles. The number of nitrogens with zero attached hydrogens (tertiary/aromatic N) is 1. The molecule has 3 rings (SSSR count). The summed E-state index contributed by atoms with van der Waals surface area (Å²) in [6.45, 7) is 0. The third kappa shape index (κ3) is 3.98. The van der Waals surface area contributed by atoms with Crippen LogP contribution in [0, 0.1) is 0 Å². The predicted octanol–water partition coefficient (Wildman–Crippen LogP) is 4.76. The van der Waals surface area contributed by atoms with Crippen LogP contribution in [0.1, 0.15) is 23.6 Å². The molecule has 2 aromatic rings. The lowest BCUT2D eigenvalue weighted by Crippen LogP contribution is -2.34. The van der Waals surface area contributed by atoms with Crippen LogP contribution >= 0.6 is 35.6 Å². The van der Waals surface area contributed by atoms with E-state index in [-0.39, 0.29) is 12.3 Å². The number of benzene rings is 2. The van der Waals surface area contributed by atoms with Crippen LogP contribution < -0.4 is 0 Å². The number of carboxylic acids is 1. The first-order valence-electron chi connectivity index (χ1n) is 7.75. The smallest absolute Gasteiger partial charge is 0.305 e. The fraction of sp³-hybridized carbons (Fsp3) is 0.105. The molecule has 0 radical (unpaired) electrons. The minimum absolute atomic E-state index is 0.226. The maximum Gasteiger partial charge on any atom is 0.305 e. The lowest BCUT2D eigenvalue weighted by Gasteiger charge is -2.26. The summed E-state index contributed by atoms with van der Waals surface area (Å²) in [6, 6.07) is 15.6. The number of halogens is 1. The number of hydrogen-bond acceptors (Lipinski definition) is 4. The molecule has 1 heterocycles. The van der Waals surface area contributed by atoms with E-state index >= 15 is 0 Å². The van der Waals surface area contributed by atoms with Gasteiger partial charge in [-0.15, -0.1) is 0 Å². The quantitative estimate of drug-likeness (QED) is 0.576. The van der Waals surface area contributed by atoms with Crippen molar-refractivity contribution in [2.45, 2.75) is 12.5 Å². The average Bonchev–Trinajstić information content (AvgIpc) is 2.89. The Hall–Kier alpha value is -2.15. The van der Waals surface area contributed by atoms with Crippen molar-refractivity contribution in [2.75, 3.05) is 0 Å². The van der Waals surface area contributed by atoms with Crippen LogP contribution in [0.5, 0.6) is 0 Å². The van der Waals surface area contributed by atoms with Crippen molar-refractivity contribution in [1.82, 2.24) is 4.90 Å². The molecular weight excluding hydrogens is 390 g/mol. The minimum atomic E-state index is -0.997. The number of aliphatic carboxylic acids is 1. The van der Waals surface area contributed by atoms with E-state index in [4.69, 9.17) is 23.8 Å². The van der Waals surface area contributed by atoms with Gasteiger partial charge in [0.25, 0.3) is 5.91 Å². The van der Waals surface area contributed by atoms with E-state index in [9.17, 15) is 14.7 Å². The molecule has 0 aliphatic carbocycles. The van der Waals surface area contributed by atoms with Gasteiger partial charge in [0.1, 0.15) is 4.32 Å². The van der Waals surface area contributed by atoms with Gasteiger partial charge < -0.3 is 5.11 Å². The lowest BCUT2D eigenvalue weighted by atomic mass is 10.0. The third-order valence-electron chi connectivity index (χ3n) is 3.88. The Balaban J connectivity index is 1.96. The molecule has 0 bridgehead atoms. The average molecular weight is 404 g/mol. The fourth-order valence-electron chi connectivity index (χ4n) is 2.68. The summed E-state index contributed by atoms with van der Waals surface area (Å²) >= 11 is 12.7. The maximum absolute atomic E-state index is 12.9. The van der Waals surface area contributed by atoms with Crippen LogP contribution in [-0.4, -0.2) is 26.2 Å². The molecule has 1 aliphatic rings. The monoisotopic (exact) mass is 403 g/mol. The van der Waals surface area contributed by atoms with E-state index in [2.05, 4.69) is 0 Å². The topological polar surface area (TPSA) is 57.6 Å². The van der Waals surface area contributed by atoms with Crippen LogP contribution in [0.4, 0.5) is 0 Å². The van der Waals surface area contributed by atoms with Gasteiger partial charge in [0.2, 0.25) is 0 Å². The first-order valence-corrected chi connectivity index (χ1v) is 9.36. The molecule has 7 heteroatoms. The molecule has 4 nitrogen and oxygen atoms in total. The summed E-state index contributed by atoms with van der Waals surface area (Å²) in [5, 5.41) is 9.83. The minimum Gasteiger partial charge on any atom is -0.481 e. The summed E-state index contributed by atoms with van der Waals surface area (Å²) in [5.41, 5.74) is 1.44. The normalized spacial score (nSPS) is 17.0. The van der Waals surface area contributed by atoms with Gasteiger partial charge in [0.05, 0.1) is 17.4 Å². The van der Waals surface area contributed by atoms with Gasteiger partial charge in [-0.25, -0.2) is 0 Å². The van der Waals surface area contributed by atoms with Gasteiger partial charge in [-0.3, -0.25) is 14.5 Å². The summed E-state index contributed by atoms with van der Waals surface area (Å²) in [5.74, 6) is -1.31. The first-order chi connectivity index (χ1) is 12.5. The number of rotatable bonds is 5. The SMILES string of the molecule is O=C(O)CC(c1ccccc1)N1C(=O)C(=Cc2ccccc2Cl)SC1=S. The number of carboxylic acid groups (broad SMARTS) is 1. The van der Waals surface area contributed by atoms with E-state index in [0.717, 1.165) is 17.3 Å². The molecule has 132 valence electrons. The maximum atomic E-state index is 12.9.